The summed E-state index contributed by atoms with van der Waals surface area (Å²) in [6, 6.07) is 0.600. The molecule has 4 nitrogen and oxygen atoms in total. The number of hydrogen-bond acceptors (Lipinski definition) is 4. The van der Waals surface area contributed by atoms with E-state index in [1.807, 2.05) is 6.92 Å². The smallest absolute Gasteiger partial charge is 0.0659 e. The van der Waals surface area contributed by atoms with Crippen molar-refractivity contribution in [2.24, 2.45) is 5.73 Å². The van der Waals surface area contributed by atoms with E-state index in [0.29, 0.717) is 12.6 Å². The monoisotopic (exact) mass is 243 g/mol. The third kappa shape index (κ3) is 3.91. The lowest BCUT2D eigenvalue weighted by molar-refractivity contribution is -0.0135. The van der Waals surface area contributed by atoms with Crippen molar-refractivity contribution in [3.05, 3.63) is 0 Å². The van der Waals surface area contributed by atoms with Crippen LogP contribution in [0.2, 0.25) is 0 Å². The Morgan fingerprint density at radius 3 is 2.76 bits per heavy atom. The number of nitrogens with two attached hydrogens (primary N) is 1. The fraction of sp³-hybridized carbons (Fsp3) is 1.00. The largest absolute Gasteiger partial charge is 0.380 e. The molecule has 1 rings (SSSR count). The number of likely N-dealkylation sites (tertiary alicyclic amines) is 1. The molecule has 0 spiro atoms. The fourth-order valence-electron chi connectivity index (χ4n) is 2.52. The zero-order valence-corrected chi connectivity index (χ0v) is 11.9. The average molecular weight is 243 g/mol. The summed E-state index contributed by atoms with van der Waals surface area (Å²) in [4.78, 5) is 4.83. The lowest BCUT2D eigenvalue weighted by Gasteiger charge is -2.45. The van der Waals surface area contributed by atoms with Gasteiger partial charge in [0.25, 0.3) is 0 Å². The van der Waals surface area contributed by atoms with Crippen molar-refractivity contribution in [3.63, 3.8) is 0 Å². The van der Waals surface area contributed by atoms with E-state index in [2.05, 4.69) is 30.8 Å². The van der Waals surface area contributed by atoms with Crippen LogP contribution in [0.1, 0.15) is 26.7 Å². The maximum absolute atomic E-state index is 5.95. The van der Waals surface area contributed by atoms with Crippen LogP contribution in [0.3, 0.4) is 0 Å². The van der Waals surface area contributed by atoms with Crippen LogP contribution in [0.4, 0.5) is 0 Å². The highest BCUT2D eigenvalue weighted by Gasteiger charge is 2.34. The highest BCUT2D eigenvalue weighted by atomic mass is 16.5. The molecule has 0 aromatic rings. The molecule has 1 saturated heterocycles. The summed E-state index contributed by atoms with van der Waals surface area (Å²) in [5, 5.41) is 0. The number of likely N-dealkylation sites (N-methyl/N-ethyl adjacent to an activating group) is 2. The predicted molar refractivity (Wildman–Crippen MR) is 72.2 cm³/mol. The van der Waals surface area contributed by atoms with E-state index in [0.717, 1.165) is 19.8 Å². The molecule has 2 atom stereocenters. The Morgan fingerprint density at radius 1 is 1.53 bits per heavy atom. The van der Waals surface area contributed by atoms with E-state index in [-0.39, 0.29) is 5.54 Å². The van der Waals surface area contributed by atoms with Gasteiger partial charge in [0, 0.05) is 25.7 Å². The Kier molecular flexibility index (Phi) is 5.86. The highest BCUT2D eigenvalue weighted by Crippen LogP contribution is 2.21. The number of ether oxygens (including phenoxy) is 1. The molecule has 0 saturated carbocycles. The zero-order valence-electron chi connectivity index (χ0n) is 11.9. The summed E-state index contributed by atoms with van der Waals surface area (Å²) in [5.41, 5.74) is 5.91. The average Bonchev–Trinajstić information content (AvgIpc) is 2.35. The van der Waals surface area contributed by atoms with Crippen molar-refractivity contribution in [3.8, 4) is 0 Å². The summed E-state index contributed by atoms with van der Waals surface area (Å²) >= 11 is 0. The summed E-state index contributed by atoms with van der Waals surface area (Å²) in [6.45, 7) is 8.71. The van der Waals surface area contributed by atoms with Crippen LogP contribution in [0.25, 0.3) is 0 Å². The predicted octanol–water partition coefficient (Wildman–Crippen LogP) is 0.766. The molecule has 1 aliphatic heterocycles. The lowest BCUT2D eigenvalue weighted by atomic mass is 9.95. The number of nitrogens with zero attached hydrogens (tertiary/aromatic N) is 2. The number of piperidine rings is 1. The SMILES string of the molecule is CCOCC(C)(CN)N(C)C1CCCN(C)C1. The van der Waals surface area contributed by atoms with Crippen LogP contribution in [-0.2, 0) is 4.74 Å². The maximum Gasteiger partial charge on any atom is 0.0659 e. The first-order valence-electron chi connectivity index (χ1n) is 6.72. The lowest BCUT2D eigenvalue weighted by Crippen LogP contribution is -2.59. The van der Waals surface area contributed by atoms with Gasteiger partial charge in [-0.1, -0.05) is 0 Å². The molecule has 0 radical (unpaired) electrons. The Labute approximate surface area is 106 Å². The summed E-state index contributed by atoms with van der Waals surface area (Å²) in [7, 11) is 4.39. The second-order valence-electron chi connectivity index (χ2n) is 5.51. The second-order valence-corrected chi connectivity index (χ2v) is 5.51. The summed E-state index contributed by atoms with van der Waals surface area (Å²) < 4.78 is 5.59. The molecule has 17 heavy (non-hydrogen) atoms. The van der Waals surface area contributed by atoms with Gasteiger partial charge >= 0.3 is 0 Å². The van der Waals surface area contributed by atoms with Crippen LogP contribution in [0.5, 0.6) is 0 Å². The Hall–Kier alpha value is -0.160. The van der Waals surface area contributed by atoms with Crippen LogP contribution in [0, 0.1) is 0 Å². The van der Waals surface area contributed by atoms with Gasteiger partial charge in [0.15, 0.2) is 0 Å². The molecule has 2 unspecified atom stereocenters. The van der Waals surface area contributed by atoms with Crippen molar-refractivity contribution in [2.45, 2.75) is 38.3 Å². The summed E-state index contributed by atoms with van der Waals surface area (Å²) in [5.74, 6) is 0. The van der Waals surface area contributed by atoms with Crippen LogP contribution >= 0.6 is 0 Å². The van der Waals surface area contributed by atoms with Gasteiger partial charge in [0.1, 0.15) is 0 Å². The third-order valence-corrected chi connectivity index (χ3v) is 4.06. The molecule has 0 aromatic carbocycles. The van der Waals surface area contributed by atoms with Gasteiger partial charge in [-0.25, -0.2) is 0 Å². The second kappa shape index (κ2) is 6.69. The van der Waals surface area contributed by atoms with Crippen molar-refractivity contribution in [1.82, 2.24) is 9.80 Å². The Balaban J connectivity index is 2.60. The first-order chi connectivity index (χ1) is 8.03. The minimum atomic E-state index is -0.0428. The van der Waals surface area contributed by atoms with E-state index in [1.165, 1.54) is 19.4 Å². The molecule has 0 aromatic heterocycles. The molecular formula is C13H29N3O. The Bertz CT molecular complexity index is 225. The molecule has 0 amide bonds. The molecule has 1 heterocycles. The number of rotatable bonds is 6. The molecule has 1 aliphatic rings. The van der Waals surface area contributed by atoms with E-state index in [4.69, 9.17) is 10.5 Å². The molecule has 102 valence electrons. The van der Waals surface area contributed by atoms with Crippen molar-refractivity contribution in [1.29, 1.82) is 0 Å². The zero-order chi connectivity index (χ0) is 12.9. The van der Waals surface area contributed by atoms with Gasteiger partial charge in [-0.05, 0) is 47.3 Å². The maximum atomic E-state index is 5.95. The van der Waals surface area contributed by atoms with Crippen molar-refractivity contribution >= 4 is 0 Å². The van der Waals surface area contributed by atoms with Crippen molar-refractivity contribution in [2.75, 3.05) is 46.9 Å². The van der Waals surface area contributed by atoms with Gasteiger partial charge in [-0.2, -0.15) is 0 Å². The molecule has 0 aliphatic carbocycles. The molecular weight excluding hydrogens is 214 g/mol. The molecule has 1 fully saturated rings. The van der Waals surface area contributed by atoms with Crippen molar-refractivity contribution < 1.29 is 4.74 Å². The normalized spacial score (nSPS) is 26.1. The van der Waals surface area contributed by atoms with Gasteiger partial charge in [-0.15, -0.1) is 0 Å². The molecule has 2 N–H and O–H groups in total. The van der Waals surface area contributed by atoms with E-state index in [1.54, 1.807) is 0 Å². The highest BCUT2D eigenvalue weighted by molar-refractivity contribution is 4.91. The van der Waals surface area contributed by atoms with Crippen LogP contribution in [0.15, 0.2) is 0 Å². The minimum Gasteiger partial charge on any atom is -0.380 e. The van der Waals surface area contributed by atoms with E-state index in [9.17, 15) is 0 Å². The van der Waals surface area contributed by atoms with Gasteiger partial charge < -0.3 is 15.4 Å². The first kappa shape index (κ1) is 14.9. The molecule has 4 heteroatoms. The fourth-order valence-corrected chi connectivity index (χ4v) is 2.52. The number of hydrogen-bond donors (Lipinski definition) is 1. The van der Waals surface area contributed by atoms with E-state index >= 15 is 0 Å². The standard InChI is InChI=1S/C13H29N3O/c1-5-17-11-13(2,10-14)16(4)12-7-6-8-15(3)9-12/h12H,5-11,14H2,1-4H3. The Morgan fingerprint density at radius 2 is 2.24 bits per heavy atom. The first-order valence-corrected chi connectivity index (χ1v) is 6.72. The quantitative estimate of drug-likeness (QED) is 0.748. The third-order valence-electron chi connectivity index (χ3n) is 4.06. The van der Waals surface area contributed by atoms with Crippen LogP contribution in [-0.4, -0.2) is 68.3 Å². The van der Waals surface area contributed by atoms with E-state index < -0.39 is 0 Å². The minimum absolute atomic E-state index is 0.0428. The van der Waals surface area contributed by atoms with Gasteiger partial charge in [0.2, 0.25) is 0 Å². The summed E-state index contributed by atoms with van der Waals surface area (Å²) in [6.07, 6.45) is 2.54. The van der Waals surface area contributed by atoms with Gasteiger partial charge in [0.05, 0.1) is 12.1 Å². The molecule has 0 bridgehead atoms. The van der Waals surface area contributed by atoms with Crippen LogP contribution < -0.4 is 5.73 Å². The topological polar surface area (TPSA) is 41.7 Å². The van der Waals surface area contributed by atoms with Gasteiger partial charge in [-0.3, -0.25) is 4.90 Å².